The Morgan fingerprint density at radius 2 is 2.05 bits per heavy atom. The van der Waals surface area contributed by atoms with Gasteiger partial charge in [-0.05, 0) is 50.3 Å². The Morgan fingerprint density at radius 3 is 2.71 bits per heavy atom. The van der Waals surface area contributed by atoms with Crippen molar-refractivity contribution in [3.63, 3.8) is 0 Å². The summed E-state index contributed by atoms with van der Waals surface area (Å²) < 4.78 is 10.7. The zero-order valence-electron chi connectivity index (χ0n) is 12.5. The second-order valence-electron chi connectivity index (χ2n) is 5.63. The highest BCUT2D eigenvalue weighted by molar-refractivity contribution is 5.64. The van der Waals surface area contributed by atoms with E-state index in [1.165, 1.54) is 12.0 Å². The van der Waals surface area contributed by atoms with Crippen LogP contribution in [0.15, 0.2) is 29.0 Å². The fourth-order valence-corrected chi connectivity index (χ4v) is 2.87. The summed E-state index contributed by atoms with van der Waals surface area (Å²) in [6.07, 6.45) is 6.31. The average Bonchev–Trinajstić information content (AvgIpc) is 3.04. The van der Waals surface area contributed by atoms with Crippen LogP contribution in [0, 0.1) is 6.92 Å². The highest BCUT2D eigenvalue weighted by Gasteiger charge is 2.21. The van der Waals surface area contributed by atoms with E-state index in [1.54, 1.807) is 7.11 Å². The van der Waals surface area contributed by atoms with Crippen LogP contribution in [0.4, 0.5) is 5.69 Å². The quantitative estimate of drug-likeness (QED) is 0.933. The van der Waals surface area contributed by atoms with E-state index in [0.717, 1.165) is 36.9 Å². The smallest absolute Gasteiger partial charge is 0.247 e. The molecule has 0 unspecified atom stereocenters. The van der Waals surface area contributed by atoms with Crippen LogP contribution in [0.2, 0.25) is 0 Å². The molecule has 5 nitrogen and oxygen atoms in total. The maximum absolute atomic E-state index is 5.43. The molecule has 0 saturated heterocycles. The first-order valence-corrected chi connectivity index (χ1v) is 7.43. The minimum atomic E-state index is 0.425. The third kappa shape index (κ3) is 3.24. The first-order valence-electron chi connectivity index (χ1n) is 7.43. The second-order valence-corrected chi connectivity index (χ2v) is 5.63. The van der Waals surface area contributed by atoms with Crippen LogP contribution in [-0.2, 0) is 4.74 Å². The van der Waals surface area contributed by atoms with Gasteiger partial charge in [0.25, 0.3) is 0 Å². The lowest BCUT2D eigenvalue weighted by molar-refractivity contribution is 0.0682. The van der Waals surface area contributed by atoms with Crippen LogP contribution in [-0.4, -0.2) is 29.5 Å². The summed E-state index contributed by atoms with van der Waals surface area (Å²) in [5.41, 5.74) is 3.32. The Balaban J connectivity index is 1.72. The molecule has 21 heavy (non-hydrogen) atoms. The van der Waals surface area contributed by atoms with Crippen molar-refractivity contribution >= 4 is 5.69 Å². The summed E-state index contributed by atoms with van der Waals surface area (Å²) in [4.78, 5) is 0. The fourth-order valence-electron chi connectivity index (χ4n) is 2.87. The molecular weight excluding hydrogens is 266 g/mol. The molecule has 0 amide bonds. The number of aryl methyl sites for hydroxylation is 1. The van der Waals surface area contributed by atoms with Gasteiger partial charge in [-0.2, -0.15) is 0 Å². The molecule has 0 radical (unpaired) electrons. The molecule has 1 aromatic heterocycles. The van der Waals surface area contributed by atoms with Crippen molar-refractivity contribution in [2.45, 2.75) is 44.8 Å². The average molecular weight is 287 g/mol. The normalized spacial score (nSPS) is 22.2. The Labute approximate surface area is 124 Å². The molecule has 0 atom stereocenters. The summed E-state index contributed by atoms with van der Waals surface area (Å²) in [6, 6.07) is 6.69. The zero-order valence-corrected chi connectivity index (χ0v) is 12.5. The SMILES string of the molecule is COC1CCC(Nc2cc(-c3nnco3)ccc2C)CC1. The maximum Gasteiger partial charge on any atom is 0.247 e. The second kappa shape index (κ2) is 6.26. The molecule has 1 heterocycles. The van der Waals surface area contributed by atoms with Crippen molar-refractivity contribution in [3.05, 3.63) is 30.2 Å². The Kier molecular flexibility index (Phi) is 4.20. The Bertz CT molecular complexity index is 575. The molecule has 0 aliphatic heterocycles. The molecule has 112 valence electrons. The zero-order chi connectivity index (χ0) is 14.7. The predicted molar refractivity (Wildman–Crippen MR) is 81.1 cm³/mol. The van der Waals surface area contributed by atoms with E-state index >= 15 is 0 Å². The van der Waals surface area contributed by atoms with Crippen molar-refractivity contribution < 1.29 is 9.15 Å². The van der Waals surface area contributed by atoms with Crippen molar-refractivity contribution in [2.75, 3.05) is 12.4 Å². The predicted octanol–water partition coefficient (Wildman–Crippen LogP) is 3.41. The first-order chi connectivity index (χ1) is 10.3. The Morgan fingerprint density at radius 1 is 1.24 bits per heavy atom. The molecule has 1 saturated carbocycles. The number of nitrogens with zero attached hydrogens (tertiary/aromatic N) is 2. The third-order valence-corrected chi connectivity index (χ3v) is 4.21. The number of ether oxygens (including phenoxy) is 1. The van der Waals surface area contributed by atoms with E-state index in [-0.39, 0.29) is 0 Å². The van der Waals surface area contributed by atoms with Gasteiger partial charge in [-0.25, -0.2) is 0 Å². The molecule has 1 aromatic carbocycles. The van der Waals surface area contributed by atoms with Gasteiger partial charge in [0, 0.05) is 24.4 Å². The lowest BCUT2D eigenvalue weighted by Crippen LogP contribution is -2.29. The van der Waals surface area contributed by atoms with Crippen LogP contribution >= 0.6 is 0 Å². The standard InChI is InChI=1S/C16H21N3O2/c1-11-3-4-12(16-19-17-10-21-16)9-15(11)18-13-5-7-14(20-2)8-6-13/h3-4,9-10,13-14,18H,5-8H2,1-2H3. The number of nitrogens with one attached hydrogen (secondary N) is 1. The van der Waals surface area contributed by atoms with Crippen LogP contribution < -0.4 is 5.32 Å². The number of aromatic nitrogens is 2. The number of hydrogen-bond donors (Lipinski definition) is 1. The fraction of sp³-hybridized carbons (Fsp3) is 0.500. The van der Waals surface area contributed by atoms with Gasteiger partial charge in [-0.3, -0.25) is 0 Å². The summed E-state index contributed by atoms with van der Waals surface area (Å²) in [7, 11) is 1.80. The molecule has 1 aliphatic rings. The minimum absolute atomic E-state index is 0.425. The molecular formula is C16H21N3O2. The molecule has 0 bridgehead atoms. The maximum atomic E-state index is 5.43. The van der Waals surface area contributed by atoms with E-state index in [4.69, 9.17) is 9.15 Å². The van der Waals surface area contributed by atoms with Crippen LogP contribution in [0.3, 0.4) is 0 Å². The molecule has 0 spiro atoms. The van der Waals surface area contributed by atoms with Crippen molar-refractivity contribution in [2.24, 2.45) is 0 Å². The molecule has 1 aliphatic carbocycles. The van der Waals surface area contributed by atoms with Gasteiger partial charge in [0.1, 0.15) is 0 Å². The molecule has 1 fully saturated rings. The van der Waals surface area contributed by atoms with E-state index in [9.17, 15) is 0 Å². The topological polar surface area (TPSA) is 60.2 Å². The lowest BCUT2D eigenvalue weighted by Gasteiger charge is -2.29. The largest absolute Gasteiger partial charge is 0.423 e. The summed E-state index contributed by atoms with van der Waals surface area (Å²) in [5.74, 6) is 0.557. The van der Waals surface area contributed by atoms with Gasteiger partial charge in [0.2, 0.25) is 12.3 Å². The van der Waals surface area contributed by atoms with Crippen molar-refractivity contribution in [1.82, 2.24) is 10.2 Å². The van der Waals surface area contributed by atoms with Gasteiger partial charge >= 0.3 is 0 Å². The monoisotopic (exact) mass is 287 g/mol. The molecule has 2 aromatic rings. The van der Waals surface area contributed by atoms with Crippen molar-refractivity contribution in [3.8, 4) is 11.5 Å². The van der Waals surface area contributed by atoms with E-state index in [2.05, 4.69) is 34.6 Å². The van der Waals surface area contributed by atoms with Gasteiger partial charge in [0.15, 0.2) is 0 Å². The highest BCUT2D eigenvalue weighted by atomic mass is 16.5. The lowest BCUT2D eigenvalue weighted by atomic mass is 9.92. The van der Waals surface area contributed by atoms with E-state index < -0.39 is 0 Å². The van der Waals surface area contributed by atoms with Gasteiger partial charge in [-0.1, -0.05) is 6.07 Å². The number of methoxy groups -OCH3 is 1. The number of hydrogen-bond acceptors (Lipinski definition) is 5. The minimum Gasteiger partial charge on any atom is -0.423 e. The number of anilines is 1. The Hall–Kier alpha value is -1.88. The highest BCUT2D eigenvalue weighted by Crippen LogP contribution is 2.28. The van der Waals surface area contributed by atoms with Gasteiger partial charge in [-0.15, -0.1) is 10.2 Å². The van der Waals surface area contributed by atoms with Crippen molar-refractivity contribution in [1.29, 1.82) is 0 Å². The van der Waals surface area contributed by atoms with Gasteiger partial charge < -0.3 is 14.5 Å². The number of rotatable bonds is 4. The first kappa shape index (κ1) is 14.1. The van der Waals surface area contributed by atoms with Crippen LogP contribution in [0.25, 0.3) is 11.5 Å². The van der Waals surface area contributed by atoms with Crippen LogP contribution in [0.1, 0.15) is 31.2 Å². The molecule has 3 rings (SSSR count). The molecule has 5 heteroatoms. The summed E-state index contributed by atoms with van der Waals surface area (Å²) >= 11 is 0. The van der Waals surface area contributed by atoms with E-state index in [1.807, 2.05) is 6.07 Å². The van der Waals surface area contributed by atoms with Crippen LogP contribution in [0.5, 0.6) is 0 Å². The summed E-state index contributed by atoms with van der Waals surface area (Å²) in [5, 5.41) is 11.3. The van der Waals surface area contributed by atoms with E-state index in [0.29, 0.717) is 18.0 Å². The van der Waals surface area contributed by atoms with Gasteiger partial charge in [0.05, 0.1) is 6.10 Å². The summed E-state index contributed by atoms with van der Waals surface area (Å²) in [6.45, 7) is 2.11. The molecule has 1 N–H and O–H groups in total. The number of benzene rings is 1. The third-order valence-electron chi connectivity index (χ3n) is 4.21.